The summed E-state index contributed by atoms with van der Waals surface area (Å²) in [5.74, 6) is -1.07. The summed E-state index contributed by atoms with van der Waals surface area (Å²) >= 11 is 1.63. The number of ether oxygens (including phenoxy) is 1. The Balaban J connectivity index is 2.38. The van der Waals surface area contributed by atoms with Gasteiger partial charge in [-0.15, -0.1) is 11.3 Å². The van der Waals surface area contributed by atoms with Gasteiger partial charge < -0.3 is 20.5 Å². The number of carbonyl (C=O) groups is 2. The Labute approximate surface area is 122 Å². The number of rotatable bonds is 8. The number of thiophene rings is 1. The monoisotopic (exact) mass is 300 g/mol. The number of urea groups is 1. The van der Waals surface area contributed by atoms with Crippen molar-refractivity contribution in [2.24, 2.45) is 0 Å². The zero-order valence-electron chi connectivity index (χ0n) is 11.6. The van der Waals surface area contributed by atoms with Crippen LogP contribution in [0.4, 0.5) is 4.79 Å². The number of nitrogens with one attached hydrogen (secondary N) is 2. The van der Waals surface area contributed by atoms with Gasteiger partial charge in [0.2, 0.25) is 0 Å². The molecule has 2 unspecified atom stereocenters. The van der Waals surface area contributed by atoms with E-state index in [0.29, 0.717) is 0 Å². The van der Waals surface area contributed by atoms with Crippen molar-refractivity contribution in [1.82, 2.24) is 10.6 Å². The normalized spacial score (nSPS) is 13.5. The molecule has 0 aliphatic heterocycles. The molecule has 3 N–H and O–H groups in total. The van der Waals surface area contributed by atoms with E-state index in [1.54, 1.807) is 11.3 Å². The minimum Gasteiger partial charge on any atom is -0.480 e. The number of methoxy groups -OCH3 is 1. The van der Waals surface area contributed by atoms with Gasteiger partial charge in [0.15, 0.2) is 0 Å². The lowest BCUT2D eigenvalue weighted by Gasteiger charge is -2.17. The highest BCUT2D eigenvalue weighted by molar-refractivity contribution is 7.09. The lowest BCUT2D eigenvalue weighted by Crippen LogP contribution is -2.49. The fourth-order valence-electron chi connectivity index (χ4n) is 1.70. The summed E-state index contributed by atoms with van der Waals surface area (Å²) in [5, 5.41) is 16.1. The second kappa shape index (κ2) is 8.55. The standard InChI is InChI=1S/C13H20N2O4S/c1-9(8-10-4-3-7-20-10)14-13(18)15-11(12(16)17)5-6-19-2/h3-4,7,9,11H,5-6,8H2,1-2H3,(H,16,17)(H2,14,15,18). The number of carboxylic acid groups (broad SMARTS) is 1. The molecule has 0 aliphatic carbocycles. The fourth-order valence-corrected chi connectivity index (χ4v) is 2.53. The first-order chi connectivity index (χ1) is 9.52. The van der Waals surface area contributed by atoms with Crippen molar-refractivity contribution >= 4 is 23.3 Å². The number of carboxylic acids is 1. The maximum Gasteiger partial charge on any atom is 0.326 e. The van der Waals surface area contributed by atoms with Gasteiger partial charge in [-0.1, -0.05) is 6.07 Å². The van der Waals surface area contributed by atoms with Crippen LogP contribution in [0.25, 0.3) is 0 Å². The molecule has 7 heteroatoms. The Morgan fingerprint density at radius 2 is 2.20 bits per heavy atom. The third-order valence-electron chi connectivity index (χ3n) is 2.68. The van der Waals surface area contributed by atoms with Gasteiger partial charge in [0.25, 0.3) is 0 Å². The lowest BCUT2D eigenvalue weighted by molar-refractivity contribution is -0.139. The first-order valence-corrected chi connectivity index (χ1v) is 7.22. The highest BCUT2D eigenvalue weighted by Crippen LogP contribution is 2.10. The van der Waals surface area contributed by atoms with Gasteiger partial charge in [-0.3, -0.25) is 0 Å². The summed E-state index contributed by atoms with van der Waals surface area (Å²) in [6.07, 6.45) is 0.958. The van der Waals surface area contributed by atoms with Crippen LogP contribution in [-0.2, 0) is 16.0 Å². The molecule has 0 radical (unpaired) electrons. The summed E-state index contributed by atoms with van der Waals surface area (Å²) in [6, 6.07) is 2.48. The number of amides is 2. The van der Waals surface area contributed by atoms with E-state index in [-0.39, 0.29) is 19.1 Å². The van der Waals surface area contributed by atoms with E-state index in [1.165, 1.54) is 12.0 Å². The van der Waals surface area contributed by atoms with E-state index < -0.39 is 18.0 Å². The molecule has 1 aromatic rings. The molecule has 2 amide bonds. The second-order valence-electron chi connectivity index (χ2n) is 4.47. The van der Waals surface area contributed by atoms with Crippen molar-refractivity contribution in [1.29, 1.82) is 0 Å². The van der Waals surface area contributed by atoms with Crippen LogP contribution in [0.3, 0.4) is 0 Å². The predicted octanol–water partition coefficient (Wildman–Crippen LogP) is 1.47. The number of hydrogen-bond donors (Lipinski definition) is 3. The number of aliphatic carboxylic acids is 1. The second-order valence-corrected chi connectivity index (χ2v) is 5.51. The van der Waals surface area contributed by atoms with Gasteiger partial charge >= 0.3 is 12.0 Å². The highest BCUT2D eigenvalue weighted by atomic mass is 32.1. The van der Waals surface area contributed by atoms with Crippen LogP contribution < -0.4 is 10.6 Å². The summed E-state index contributed by atoms with van der Waals surface area (Å²) < 4.78 is 4.82. The van der Waals surface area contributed by atoms with Crippen molar-refractivity contribution in [3.63, 3.8) is 0 Å². The van der Waals surface area contributed by atoms with Gasteiger partial charge in [-0.05, 0) is 18.4 Å². The Hall–Kier alpha value is -1.60. The van der Waals surface area contributed by atoms with Crippen LogP contribution in [0.15, 0.2) is 17.5 Å². The maximum atomic E-state index is 11.7. The largest absolute Gasteiger partial charge is 0.480 e. The zero-order chi connectivity index (χ0) is 15.0. The average molecular weight is 300 g/mol. The number of carbonyl (C=O) groups excluding carboxylic acids is 1. The first-order valence-electron chi connectivity index (χ1n) is 6.34. The fraction of sp³-hybridized carbons (Fsp3) is 0.538. The quantitative estimate of drug-likeness (QED) is 0.678. The molecular formula is C13H20N2O4S. The molecule has 0 aliphatic rings. The Morgan fingerprint density at radius 3 is 2.75 bits per heavy atom. The van der Waals surface area contributed by atoms with Crippen molar-refractivity contribution in [3.8, 4) is 0 Å². The van der Waals surface area contributed by atoms with Crippen LogP contribution in [0.1, 0.15) is 18.2 Å². The molecule has 1 aromatic heterocycles. The van der Waals surface area contributed by atoms with E-state index in [4.69, 9.17) is 9.84 Å². The summed E-state index contributed by atoms with van der Waals surface area (Å²) in [4.78, 5) is 23.9. The summed E-state index contributed by atoms with van der Waals surface area (Å²) in [5.41, 5.74) is 0. The van der Waals surface area contributed by atoms with Crippen LogP contribution in [0.5, 0.6) is 0 Å². The maximum absolute atomic E-state index is 11.7. The minimum absolute atomic E-state index is 0.0643. The van der Waals surface area contributed by atoms with Gasteiger partial charge in [0.1, 0.15) is 6.04 Å². The molecule has 20 heavy (non-hydrogen) atoms. The Bertz CT molecular complexity index is 422. The van der Waals surface area contributed by atoms with Crippen LogP contribution >= 0.6 is 11.3 Å². The highest BCUT2D eigenvalue weighted by Gasteiger charge is 2.20. The van der Waals surface area contributed by atoms with Crippen LogP contribution in [0.2, 0.25) is 0 Å². The van der Waals surface area contributed by atoms with E-state index >= 15 is 0 Å². The van der Waals surface area contributed by atoms with Gasteiger partial charge in [0, 0.05) is 37.5 Å². The third-order valence-corrected chi connectivity index (χ3v) is 3.58. The molecule has 0 fully saturated rings. The molecule has 112 valence electrons. The molecule has 6 nitrogen and oxygen atoms in total. The van der Waals surface area contributed by atoms with Crippen molar-refractivity contribution in [2.45, 2.75) is 31.8 Å². The van der Waals surface area contributed by atoms with Crippen LogP contribution in [0, 0.1) is 0 Å². The van der Waals surface area contributed by atoms with Gasteiger partial charge in [-0.2, -0.15) is 0 Å². The zero-order valence-corrected chi connectivity index (χ0v) is 12.4. The molecule has 0 aromatic carbocycles. The topological polar surface area (TPSA) is 87.7 Å². The third kappa shape index (κ3) is 6.03. The molecule has 0 saturated heterocycles. The van der Waals surface area contributed by atoms with E-state index in [2.05, 4.69) is 10.6 Å². The van der Waals surface area contributed by atoms with Gasteiger partial charge in [0.05, 0.1) is 0 Å². The van der Waals surface area contributed by atoms with E-state index in [0.717, 1.165) is 6.42 Å². The Kier molecular flexibility index (Phi) is 7.03. The average Bonchev–Trinajstić information content (AvgIpc) is 2.86. The molecule has 0 saturated carbocycles. The molecule has 1 rings (SSSR count). The van der Waals surface area contributed by atoms with Gasteiger partial charge in [-0.25, -0.2) is 9.59 Å². The van der Waals surface area contributed by atoms with E-state index in [9.17, 15) is 9.59 Å². The lowest BCUT2D eigenvalue weighted by atomic mass is 10.2. The SMILES string of the molecule is COCCC(NC(=O)NC(C)Cc1cccs1)C(=O)O. The minimum atomic E-state index is -1.07. The summed E-state index contributed by atoms with van der Waals surface area (Å²) in [7, 11) is 1.49. The molecule has 1 heterocycles. The molecule has 2 atom stereocenters. The molecular weight excluding hydrogens is 280 g/mol. The molecule has 0 spiro atoms. The molecule has 0 bridgehead atoms. The predicted molar refractivity (Wildman–Crippen MR) is 77.1 cm³/mol. The van der Waals surface area contributed by atoms with E-state index in [1.807, 2.05) is 24.4 Å². The smallest absolute Gasteiger partial charge is 0.326 e. The Morgan fingerprint density at radius 1 is 1.45 bits per heavy atom. The number of hydrogen-bond acceptors (Lipinski definition) is 4. The van der Waals surface area contributed by atoms with Crippen LogP contribution in [-0.4, -0.2) is 42.9 Å². The van der Waals surface area contributed by atoms with Crippen molar-refractivity contribution in [2.75, 3.05) is 13.7 Å². The first kappa shape index (κ1) is 16.5. The van der Waals surface area contributed by atoms with Crippen molar-refractivity contribution in [3.05, 3.63) is 22.4 Å². The van der Waals surface area contributed by atoms with Crippen molar-refractivity contribution < 1.29 is 19.4 Å². The summed E-state index contributed by atoms with van der Waals surface area (Å²) in [6.45, 7) is 2.16.